The fourth-order valence-corrected chi connectivity index (χ4v) is 4.46. The highest BCUT2D eigenvalue weighted by Crippen LogP contribution is 2.29. The molecule has 8 nitrogen and oxygen atoms in total. The van der Waals surface area contributed by atoms with Crippen LogP contribution in [-0.2, 0) is 20.7 Å². The average Bonchev–Trinajstić information content (AvgIpc) is 2.88. The first-order chi connectivity index (χ1) is 17.1. The number of carbonyl (C=O) groups is 2. The van der Waals surface area contributed by atoms with E-state index in [-0.39, 0.29) is 30.9 Å². The molecule has 196 valence electrons. The van der Waals surface area contributed by atoms with Crippen LogP contribution in [0.15, 0.2) is 42.5 Å². The highest BCUT2D eigenvalue weighted by atomic mass is 35.5. The summed E-state index contributed by atoms with van der Waals surface area (Å²) in [4.78, 5) is 28.0. The van der Waals surface area contributed by atoms with Crippen LogP contribution in [0.5, 0.6) is 11.5 Å². The number of hydrogen-bond donors (Lipinski definition) is 1. The van der Waals surface area contributed by atoms with Gasteiger partial charge >= 0.3 is 5.97 Å². The molecule has 1 N–H and O–H groups in total. The van der Waals surface area contributed by atoms with E-state index in [1.807, 2.05) is 42.5 Å². The van der Waals surface area contributed by atoms with Gasteiger partial charge in [0.15, 0.2) is 6.61 Å². The molecule has 9 heteroatoms. The number of amides is 1. The first-order valence-corrected chi connectivity index (χ1v) is 12.5. The number of piperazine rings is 1. The van der Waals surface area contributed by atoms with Crippen LogP contribution in [0, 0.1) is 0 Å². The molecule has 0 unspecified atom stereocenters. The molecule has 0 aromatic heterocycles. The quantitative estimate of drug-likeness (QED) is 0.357. The van der Waals surface area contributed by atoms with Crippen molar-refractivity contribution in [3.8, 4) is 11.5 Å². The van der Waals surface area contributed by atoms with Gasteiger partial charge in [0.2, 0.25) is 5.91 Å². The van der Waals surface area contributed by atoms with Crippen molar-refractivity contribution in [1.82, 2.24) is 4.90 Å². The van der Waals surface area contributed by atoms with Crippen LogP contribution >= 0.6 is 12.4 Å². The van der Waals surface area contributed by atoms with Crippen molar-refractivity contribution in [2.75, 3.05) is 62.8 Å². The first-order valence-electron chi connectivity index (χ1n) is 12.5. The van der Waals surface area contributed by atoms with Gasteiger partial charge in [-0.1, -0.05) is 18.2 Å². The van der Waals surface area contributed by atoms with Gasteiger partial charge in [0.25, 0.3) is 0 Å². The lowest BCUT2D eigenvalue weighted by molar-refractivity contribution is -0.145. The number of hydrogen-bond acceptors (Lipinski definition) is 7. The molecule has 0 spiro atoms. The number of unbranched alkanes of at least 4 members (excludes halogenated alkanes) is 1. The highest BCUT2D eigenvalue weighted by molar-refractivity contribution is 5.94. The van der Waals surface area contributed by atoms with Crippen LogP contribution in [0.3, 0.4) is 0 Å². The van der Waals surface area contributed by atoms with E-state index in [2.05, 4.69) is 15.1 Å². The van der Waals surface area contributed by atoms with Crippen LogP contribution in [0.1, 0.15) is 31.7 Å². The number of nitrogens with zero attached hydrogens (tertiary/aromatic N) is 2. The van der Waals surface area contributed by atoms with Crippen molar-refractivity contribution in [3.63, 3.8) is 0 Å². The van der Waals surface area contributed by atoms with E-state index in [4.69, 9.17) is 14.2 Å². The predicted molar refractivity (Wildman–Crippen MR) is 143 cm³/mol. The Morgan fingerprint density at radius 1 is 1.00 bits per heavy atom. The molecule has 0 bridgehead atoms. The van der Waals surface area contributed by atoms with Crippen molar-refractivity contribution in [3.05, 3.63) is 48.0 Å². The Hall–Kier alpha value is -2.97. The van der Waals surface area contributed by atoms with Crippen molar-refractivity contribution in [2.45, 2.75) is 32.6 Å². The second kappa shape index (κ2) is 13.9. The van der Waals surface area contributed by atoms with Crippen molar-refractivity contribution in [2.24, 2.45) is 0 Å². The van der Waals surface area contributed by atoms with Crippen LogP contribution in [0.4, 0.5) is 11.4 Å². The molecule has 0 radical (unpaired) electrons. The number of fused-ring (bicyclic) bond motifs is 1. The number of ether oxygens (including phenoxy) is 3. The Bertz CT molecular complexity index is 1010. The van der Waals surface area contributed by atoms with Gasteiger partial charge in [-0.3, -0.25) is 9.69 Å². The minimum atomic E-state index is -0.352. The second-order valence-electron chi connectivity index (χ2n) is 8.81. The number of aryl methyl sites for hydroxylation is 1. The standard InChI is InChI=1S/C27H35N3O5.ClH/c1-2-33-27(32)20-35-25-8-4-3-7-24(25)30-16-14-29(15-17-30)13-5-6-18-34-22-11-9-21-10-12-26(31)28-23(21)19-22;/h3-4,7-9,11,19H,2,5-6,10,12-18,20H2,1H3,(H,28,31);1H. The minimum absolute atomic E-state index is 0. The monoisotopic (exact) mass is 517 g/mol. The summed E-state index contributed by atoms with van der Waals surface area (Å²) >= 11 is 0. The molecule has 2 aliphatic rings. The topological polar surface area (TPSA) is 80.3 Å². The lowest BCUT2D eigenvalue weighted by atomic mass is 10.0. The van der Waals surface area contributed by atoms with E-state index in [1.54, 1.807) is 6.92 Å². The highest BCUT2D eigenvalue weighted by Gasteiger charge is 2.20. The number of esters is 1. The molecule has 4 rings (SSSR count). The van der Waals surface area contributed by atoms with Gasteiger partial charge in [-0.15, -0.1) is 12.4 Å². The summed E-state index contributed by atoms with van der Waals surface area (Å²) in [5.41, 5.74) is 3.07. The van der Waals surface area contributed by atoms with E-state index in [0.717, 1.165) is 69.1 Å². The van der Waals surface area contributed by atoms with Crippen molar-refractivity contribution < 1.29 is 23.8 Å². The molecule has 2 aromatic carbocycles. The van der Waals surface area contributed by atoms with Gasteiger partial charge in [-0.05, 0) is 56.5 Å². The molecule has 2 aromatic rings. The van der Waals surface area contributed by atoms with Gasteiger partial charge in [-0.25, -0.2) is 4.79 Å². The van der Waals surface area contributed by atoms with Gasteiger partial charge in [-0.2, -0.15) is 0 Å². The lowest BCUT2D eigenvalue weighted by Crippen LogP contribution is -2.46. The molecule has 2 aliphatic heterocycles. The molecule has 2 heterocycles. The smallest absolute Gasteiger partial charge is 0.344 e. The fraction of sp³-hybridized carbons (Fsp3) is 0.481. The van der Waals surface area contributed by atoms with Crippen molar-refractivity contribution >= 4 is 35.7 Å². The zero-order chi connectivity index (χ0) is 24.5. The van der Waals surface area contributed by atoms with E-state index in [9.17, 15) is 9.59 Å². The van der Waals surface area contributed by atoms with Crippen LogP contribution in [0.2, 0.25) is 0 Å². The summed E-state index contributed by atoms with van der Waals surface area (Å²) < 4.78 is 16.6. The predicted octanol–water partition coefficient (Wildman–Crippen LogP) is 3.92. The average molecular weight is 518 g/mol. The summed E-state index contributed by atoms with van der Waals surface area (Å²) in [7, 11) is 0. The molecule has 1 amide bonds. The minimum Gasteiger partial charge on any atom is -0.494 e. The van der Waals surface area contributed by atoms with Crippen LogP contribution < -0.4 is 19.7 Å². The number of carbonyl (C=O) groups excluding carboxylic acids is 2. The van der Waals surface area contributed by atoms with E-state index >= 15 is 0 Å². The fourth-order valence-electron chi connectivity index (χ4n) is 4.46. The largest absolute Gasteiger partial charge is 0.494 e. The molecule has 36 heavy (non-hydrogen) atoms. The summed E-state index contributed by atoms with van der Waals surface area (Å²) in [6, 6.07) is 13.8. The third-order valence-electron chi connectivity index (χ3n) is 6.34. The second-order valence-corrected chi connectivity index (χ2v) is 8.81. The van der Waals surface area contributed by atoms with Gasteiger partial charge in [0, 0.05) is 44.4 Å². The summed E-state index contributed by atoms with van der Waals surface area (Å²) in [5, 5.41) is 2.92. The number of para-hydroxylation sites is 2. The summed E-state index contributed by atoms with van der Waals surface area (Å²) in [6.07, 6.45) is 3.40. The van der Waals surface area contributed by atoms with Crippen LogP contribution in [0.25, 0.3) is 0 Å². The Kier molecular flexibility index (Phi) is 10.7. The number of nitrogens with one attached hydrogen (secondary N) is 1. The third kappa shape index (κ3) is 7.77. The number of anilines is 2. The number of benzene rings is 2. The van der Waals surface area contributed by atoms with Gasteiger partial charge in [0.1, 0.15) is 11.5 Å². The molecule has 1 saturated heterocycles. The molecule has 1 fully saturated rings. The maximum Gasteiger partial charge on any atom is 0.344 e. The van der Waals surface area contributed by atoms with E-state index < -0.39 is 0 Å². The molecule has 0 atom stereocenters. The first kappa shape index (κ1) is 27.6. The molecular weight excluding hydrogens is 482 g/mol. The lowest BCUT2D eigenvalue weighted by Gasteiger charge is -2.36. The third-order valence-corrected chi connectivity index (χ3v) is 6.34. The van der Waals surface area contributed by atoms with Gasteiger partial charge in [0.05, 0.1) is 18.9 Å². The number of halogens is 1. The summed E-state index contributed by atoms with van der Waals surface area (Å²) in [5.74, 6) is 1.24. The number of rotatable bonds is 11. The van der Waals surface area contributed by atoms with E-state index in [0.29, 0.717) is 25.4 Å². The zero-order valence-electron chi connectivity index (χ0n) is 20.9. The maximum atomic E-state index is 11.7. The Morgan fingerprint density at radius 3 is 2.61 bits per heavy atom. The normalized spacial score (nSPS) is 15.4. The summed E-state index contributed by atoms with van der Waals surface area (Å²) in [6.45, 7) is 7.56. The maximum absolute atomic E-state index is 11.7. The SMILES string of the molecule is CCOC(=O)COc1ccccc1N1CCN(CCCCOc2ccc3c(c2)NC(=O)CC3)CC1.Cl. The Morgan fingerprint density at radius 2 is 1.81 bits per heavy atom. The molecular formula is C27H36ClN3O5. The zero-order valence-corrected chi connectivity index (χ0v) is 21.7. The molecule has 0 saturated carbocycles. The van der Waals surface area contributed by atoms with E-state index in [1.165, 1.54) is 5.56 Å². The molecule has 0 aliphatic carbocycles. The Balaban J connectivity index is 0.00000361. The van der Waals surface area contributed by atoms with Crippen LogP contribution in [-0.4, -0.2) is 69.3 Å². The van der Waals surface area contributed by atoms with Crippen molar-refractivity contribution in [1.29, 1.82) is 0 Å². The van der Waals surface area contributed by atoms with Gasteiger partial charge < -0.3 is 24.4 Å². The Labute approximate surface area is 219 Å².